The molecule has 0 spiro atoms. The Morgan fingerprint density at radius 2 is 0.471 bits per heavy atom. The molecule has 20 aromatic rings. The lowest BCUT2D eigenvalue weighted by molar-refractivity contribution is 0.953. The molecule has 16 aliphatic rings. The quantitative estimate of drug-likeness (QED) is 0.149. The molecule has 36 rings (SSSR count). The summed E-state index contributed by atoms with van der Waals surface area (Å²) in [5, 5.41) is 0. The lowest BCUT2D eigenvalue weighted by Crippen LogP contribution is -2.26. The highest BCUT2D eigenvalue weighted by molar-refractivity contribution is 6.02. The van der Waals surface area contributed by atoms with E-state index in [0.29, 0.717) is 0 Å². The van der Waals surface area contributed by atoms with E-state index in [0.717, 1.165) is 109 Å². The Kier molecular flexibility index (Phi) is 15.6. The van der Waals surface area contributed by atoms with Gasteiger partial charge in [-0.15, -0.1) is 0 Å². The predicted octanol–water partition coefficient (Wildman–Crippen LogP) is 30.0. The van der Waals surface area contributed by atoms with Gasteiger partial charge in [-0.3, -0.25) is 19.9 Å². The van der Waals surface area contributed by atoms with Gasteiger partial charge in [0.25, 0.3) is 0 Å². The highest BCUT2D eigenvalue weighted by Gasteiger charge is 2.44. The number of pyridine rings is 4. The van der Waals surface area contributed by atoms with Gasteiger partial charge in [-0.1, -0.05) is 249 Å². The molecule has 0 saturated carbocycles. The normalized spacial score (nSPS) is 14.9. The molecule has 16 aromatic carbocycles. The van der Waals surface area contributed by atoms with Crippen LogP contribution >= 0.6 is 0 Å². The fraction of sp³-hybridized carbons (Fsp3) is 0.121. The Labute approximate surface area is 812 Å². The second-order valence-electron chi connectivity index (χ2n) is 41.3. The molecule has 140 heavy (non-hydrogen) atoms. The van der Waals surface area contributed by atoms with Crippen LogP contribution < -0.4 is 19.6 Å². The summed E-state index contributed by atoms with van der Waals surface area (Å²) in [6.45, 7) is 0. The van der Waals surface area contributed by atoms with E-state index >= 15 is 0 Å². The maximum absolute atomic E-state index is 4.87. The first-order valence-electron chi connectivity index (χ1n) is 50.3. The molecule has 8 heteroatoms. The number of hydrogen-bond donors (Lipinski definition) is 0. The smallest absolute Gasteiger partial charge is 0.141 e. The van der Waals surface area contributed by atoms with Crippen molar-refractivity contribution < 1.29 is 0 Å². The standard InChI is InChI=1S/4C33H22N2/c1-3-7-24-19(5-1)14-29-25(24)10-9-21-15-27-26(32(21)29)11-12-31-28(27)16-23-18-34-17-22-13-20-6-2-4-8-30(20)35(31)33(22)23;1-3-7-23-19(5-1)15-28-24(23)10-9-21-16-26-25(32(21)28)11-12-31-27(26)17-22-13-14-34-29-18-20-6-2-4-8-30(20)35(31)33(22)29;1-2-9-23-19(5-1)16-27-24(23)10-11-25-26-12-13-31-30(29(26)18-28(25)27)17-21-7-3-6-20-15-22-8-4-14-34-33(22)35(31)32(20)21;1-2-7-23-19(4-1)15-27-24(23)8-9-25-26-10-11-31-30(29(26)17-28(25)27)16-22-6-3-5-21-14-20-12-13-34-18-32(20)35(31)33(21)22/h1-12,17-18H,13-16H2;2*1-14H,15-18H2;1-13,18H,14-17H2. The van der Waals surface area contributed by atoms with Crippen molar-refractivity contribution in [1.82, 2.24) is 19.9 Å². The second-order valence-corrected chi connectivity index (χ2v) is 41.3. The minimum Gasteiger partial charge on any atom is -0.309 e. The fourth-order valence-electron chi connectivity index (χ4n) is 28.7. The lowest BCUT2D eigenvalue weighted by atomic mass is 9.84. The molecule has 0 saturated heterocycles. The highest BCUT2D eigenvalue weighted by atomic mass is 15.2. The minimum absolute atomic E-state index is 0.911. The molecule has 656 valence electrons. The molecular formula is C132H88N8. The van der Waals surface area contributed by atoms with Gasteiger partial charge >= 0.3 is 0 Å². The van der Waals surface area contributed by atoms with Gasteiger partial charge in [-0.2, -0.15) is 0 Å². The molecule has 4 aromatic heterocycles. The topological polar surface area (TPSA) is 64.5 Å². The molecule has 0 N–H and O–H groups in total. The first-order chi connectivity index (χ1) is 69.4. The molecule has 0 bridgehead atoms. The molecule has 8 aliphatic heterocycles. The summed E-state index contributed by atoms with van der Waals surface area (Å²) in [5.41, 5.74) is 84.0. The van der Waals surface area contributed by atoms with Gasteiger partial charge in [0.1, 0.15) is 5.82 Å². The van der Waals surface area contributed by atoms with Crippen LogP contribution in [0, 0.1) is 0 Å². The molecule has 0 unspecified atom stereocenters. The number of fused-ring (bicyclic) bond motifs is 48. The van der Waals surface area contributed by atoms with Gasteiger partial charge in [0, 0.05) is 93.7 Å². The Morgan fingerprint density at radius 3 is 1.01 bits per heavy atom. The number of aromatic nitrogens is 4. The zero-order chi connectivity index (χ0) is 90.7. The van der Waals surface area contributed by atoms with Crippen LogP contribution in [-0.4, -0.2) is 19.9 Å². The largest absolute Gasteiger partial charge is 0.309 e. The van der Waals surface area contributed by atoms with Crippen molar-refractivity contribution in [3.8, 4) is 89.0 Å². The fourth-order valence-corrected chi connectivity index (χ4v) is 28.7. The number of rotatable bonds is 0. The van der Waals surface area contributed by atoms with Crippen LogP contribution in [0.15, 0.2) is 340 Å². The molecule has 0 fully saturated rings. The van der Waals surface area contributed by atoms with Crippen LogP contribution in [0.2, 0.25) is 0 Å². The number of benzene rings is 16. The van der Waals surface area contributed by atoms with Crippen molar-refractivity contribution >= 4 is 68.4 Å². The van der Waals surface area contributed by atoms with Crippen LogP contribution in [0.4, 0.5) is 68.4 Å². The summed E-state index contributed by atoms with van der Waals surface area (Å²) >= 11 is 0. The third kappa shape index (κ3) is 10.6. The van der Waals surface area contributed by atoms with Crippen molar-refractivity contribution in [2.45, 2.75) is 103 Å². The third-order valence-electron chi connectivity index (χ3n) is 34.6. The first kappa shape index (κ1) is 76.5. The molecular weight excluding hydrogens is 1700 g/mol. The van der Waals surface area contributed by atoms with Gasteiger partial charge in [0.15, 0.2) is 0 Å². The summed E-state index contributed by atoms with van der Waals surface area (Å²) in [4.78, 5) is 28.8. The highest BCUT2D eigenvalue weighted by Crippen LogP contribution is 2.63. The monoisotopic (exact) mass is 1780 g/mol. The van der Waals surface area contributed by atoms with E-state index in [1.165, 1.54) is 313 Å². The zero-order valence-electron chi connectivity index (χ0n) is 77.2. The van der Waals surface area contributed by atoms with E-state index in [2.05, 4.69) is 351 Å². The van der Waals surface area contributed by atoms with Crippen molar-refractivity contribution in [1.29, 1.82) is 0 Å². The molecule has 0 atom stereocenters. The number of hydrogen-bond acceptors (Lipinski definition) is 8. The average Bonchev–Trinajstić information content (AvgIpc) is 1.58. The summed E-state index contributed by atoms with van der Waals surface area (Å²) in [5.74, 6) is 1.10. The van der Waals surface area contributed by atoms with E-state index in [1.807, 2.05) is 18.6 Å². The van der Waals surface area contributed by atoms with Gasteiger partial charge in [-0.25, -0.2) is 4.98 Å². The molecule has 8 nitrogen and oxygen atoms in total. The Bertz CT molecular complexity index is 8610. The van der Waals surface area contributed by atoms with Crippen LogP contribution in [0.3, 0.4) is 0 Å². The van der Waals surface area contributed by atoms with E-state index in [-0.39, 0.29) is 0 Å². The van der Waals surface area contributed by atoms with Crippen molar-refractivity contribution in [3.63, 3.8) is 0 Å². The Balaban J connectivity index is 0.0000000829. The van der Waals surface area contributed by atoms with Gasteiger partial charge in [0.05, 0.1) is 63.1 Å². The molecule has 8 aliphatic carbocycles. The van der Waals surface area contributed by atoms with Crippen LogP contribution in [0.5, 0.6) is 0 Å². The summed E-state index contributed by atoms with van der Waals surface area (Å²) in [6.07, 6.45) is 28.2. The third-order valence-corrected chi connectivity index (χ3v) is 34.6. The van der Waals surface area contributed by atoms with Crippen LogP contribution in [0.25, 0.3) is 89.0 Å². The van der Waals surface area contributed by atoms with Gasteiger partial charge in [-0.05, 0) is 367 Å². The summed E-state index contributed by atoms with van der Waals surface area (Å²) in [6, 6.07) is 114. The number of nitrogens with zero attached hydrogens (tertiary/aromatic N) is 8. The van der Waals surface area contributed by atoms with E-state index in [4.69, 9.17) is 9.97 Å². The maximum atomic E-state index is 4.87. The first-order valence-corrected chi connectivity index (χ1v) is 50.3. The average molecular weight is 1790 g/mol. The van der Waals surface area contributed by atoms with Crippen LogP contribution in [0.1, 0.15) is 178 Å². The van der Waals surface area contributed by atoms with E-state index in [1.54, 1.807) is 16.7 Å². The van der Waals surface area contributed by atoms with E-state index in [9.17, 15) is 0 Å². The van der Waals surface area contributed by atoms with Gasteiger partial charge in [0.2, 0.25) is 0 Å². The zero-order valence-corrected chi connectivity index (χ0v) is 77.2. The van der Waals surface area contributed by atoms with Gasteiger partial charge < -0.3 is 14.7 Å². The number of anilines is 12. The lowest BCUT2D eigenvalue weighted by Gasteiger charge is -2.39. The van der Waals surface area contributed by atoms with Crippen molar-refractivity contribution in [3.05, 3.63) is 519 Å². The summed E-state index contributed by atoms with van der Waals surface area (Å²) < 4.78 is 0. The molecule has 12 heterocycles. The van der Waals surface area contributed by atoms with Crippen molar-refractivity contribution in [2.75, 3.05) is 19.6 Å². The Morgan fingerprint density at radius 1 is 0.150 bits per heavy atom. The SMILES string of the molecule is c1ccc2c(c1)Cc1c-2ccc2c1-c1ccc3c(c1C2)Cc1ccnc2c1N3c1ccccc1C2.c1ccc2c(c1)Cc1c-2ccc2c1-c1ccc3c(c1C2)Cc1cncc2c1N3c1ccccc1C2.c1ccc2c(c1)Cc1c-2ccc2c1Cc1c-2ccc2c1Cc1cccc3c1N2c1cnccc1C3.c1ccc2c(c1)Cc1c-2ccc2c1Cc1c-2ccc2c1Cc1cccc3c1N2c1ncccc1C3. The van der Waals surface area contributed by atoms with Crippen LogP contribution in [-0.2, 0) is 103 Å². The summed E-state index contributed by atoms with van der Waals surface area (Å²) in [7, 11) is 0. The minimum atomic E-state index is 0.911. The Hall–Kier alpha value is -16.7. The van der Waals surface area contributed by atoms with Crippen molar-refractivity contribution in [2.24, 2.45) is 0 Å². The number of para-hydroxylation sites is 4. The molecule has 0 amide bonds. The predicted molar refractivity (Wildman–Crippen MR) is 564 cm³/mol. The maximum Gasteiger partial charge on any atom is 0.141 e. The van der Waals surface area contributed by atoms with E-state index < -0.39 is 0 Å². The second kappa shape index (κ2) is 28.5. The molecule has 0 radical (unpaired) electrons.